The molecule has 3 unspecified atom stereocenters. The number of urea groups is 1. The lowest BCUT2D eigenvalue weighted by atomic mass is 9.87. The van der Waals surface area contributed by atoms with Gasteiger partial charge in [-0.2, -0.15) is 10.4 Å². The standard InChI is InChI=1S/C32H36N8O3/c33-12-22-14-35-39-18-27(42-8-7-36-17-26-10-25(36)19-43-26)11-28(30(22)39)21-1-2-29(34-13-21)38-15-23-9-24(16-38)40(23)31(41)37-6-5-32(20-37)3-4-32/h1-2,11,13-14,18,23-26H,3-10,15-17,19-20H2/t23?,24?,25-,26?/m1/s1. The van der Waals surface area contributed by atoms with E-state index in [1.54, 1.807) is 10.7 Å². The van der Waals surface area contributed by atoms with E-state index in [1.807, 2.05) is 18.5 Å². The number of nitriles is 1. The van der Waals surface area contributed by atoms with E-state index in [9.17, 15) is 10.1 Å². The van der Waals surface area contributed by atoms with Crippen molar-refractivity contribution in [2.45, 2.75) is 56.3 Å². The van der Waals surface area contributed by atoms with Gasteiger partial charge in [-0.05, 0) is 55.7 Å². The molecule has 6 saturated heterocycles. The smallest absolute Gasteiger partial charge is 0.320 e. The Morgan fingerprint density at radius 1 is 1.12 bits per heavy atom. The van der Waals surface area contributed by atoms with Gasteiger partial charge in [0.15, 0.2) is 0 Å². The van der Waals surface area contributed by atoms with Gasteiger partial charge < -0.3 is 24.2 Å². The molecule has 0 aromatic carbocycles. The zero-order valence-corrected chi connectivity index (χ0v) is 24.3. The van der Waals surface area contributed by atoms with Crippen LogP contribution >= 0.6 is 0 Å². The van der Waals surface area contributed by atoms with Crippen LogP contribution in [0.25, 0.3) is 16.6 Å². The van der Waals surface area contributed by atoms with Gasteiger partial charge in [0.05, 0.1) is 48.3 Å². The largest absolute Gasteiger partial charge is 0.491 e. The van der Waals surface area contributed by atoms with Crippen molar-refractivity contribution in [2.75, 3.05) is 57.4 Å². The molecule has 1 saturated carbocycles. The molecule has 1 aliphatic carbocycles. The van der Waals surface area contributed by atoms with Crippen molar-refractivity contribution in [3.05, 3.63) is 42.4 Å². The number of nitrogens with zero attached hydrogens (tertiary/aromatic N) is 8. The predicted octanol–water partition coefficient (Wildman–Crippen LogP) is 2.99. The molecule has 7 fully saturated rings. The number of hydrogen-bond donors (Lipinski definition) is 0. The zero-order valence-electron chi connectivity index (χ0n) is 24.3. The number of carbonyl (C=O) groups excluding carboxylic acids is 1. The lowest BCUT2D eigenvalue weighted by Gasteiger charge is -2.57. The monoisotopic (exact) mass is 580 g/mol. The van der Waals surface area contributed by atoms with E-state index in [-0.39, 0.29) is 18.1 Å². The van der Waals surface area contributed by atoms with Gasteiger partial charge in [0, 0.05) is 62.6 Å². The summed E-state index contributed by atoms with van der Waals surface area (Å²) in [5.74, 6) is 1.64. The van der Waals surface area contributed by atoms with E-state index in [1.165, 1.54) is 19.3 Å². The van der Waals surface area contributed by atoms with Crippen LogP contribution in [0.5, 0.6) is 5.75 Å². The Balaban J connectivity index is 0.900. The Kier molecular flexibility index (Phi) is 5.69. The number of ether oxygens (including phenoxy) is 2. The van der Waals surface area contributed by atoms with Gasteiger partial charge in [-0.25, -0.2) is 14.3 Å². The quantitative estimate of drug-likeness (QED) is 0.439. The highest BCUT2D eigenvalue weighted by molar-refractivity contribution is 5.85. The molecule has 7 aliphatic rings. The first kappa shape index (κ1) is 25.6. The molecule has 4 bridgehead atoms. The third-order valence-electron chi connectivity index (χ3n) is 10.8. The summed E-state index contributed by atoms with van der Waals surface area (Å²) in [6.45, 7) is 6.73. The summed E-state index contributed by atoms with van der Waals surface area (Å²) in [6.07, 6.45) is 11.7. The van der Waals surface area contributed by atoms with Crippen LogP contribution in [0, 0.1) is 16.7 Å². The van der Waals surface area contributed by atoms with Crippen LogP contribution in [0.1, 0.15) is 37.7 Å². The van der Waals surface area contributed by atoms with Crippen LogP contribution in [0.15, 0.2) is 36.8 Å². The van der Waals surface area contributed by atoms with Gasteiger partial charge in [-0.3, -0.25) is 4.90 Å². The molecule has 3 aromatic rings. The molecule has 9 heterocycles. The molecule has 3 aromatic heterocycles. The normalized spacial score (nSPS) is 28.5. The summed E-state index contributed by atoms with van der Waals surface area (Å²) in [4.78, 5) is 27.2. The Labute approximate surface area is 250 Å². The number of piperidine rings is 1. The number of rotatable bonds is 6. The van der Waals surface area contributed by atoms with Crippen molar-refractivity contribution in [1.82, 2.24) is 29.3 Å². The van der Waals surface area contributed by atoms with E-state index < -0.39 is 0 Å². The van der Waals surface area contributed by atoms with Crippen molar-refractivity contribution in [2.24, 2.45) is 5.41 Å². The van der Waals surface area contributed by atoms with E-state index in [0.717, 1.165) is 81.2 Å². The van der Waals surface area contributed by atoms with Crippen LogP contribution in [-0.4, -0.2) is 112 Å². The Hall–Kier alpha value is -3.88. The molecular weight excluding hydrogens is 544 g/mol. The number of morpholine rings is 1. The average Bonchev–Trinajstić information content (AvgIpc) is 3.45. The molecule has 2 amide bonds. The van der Waals surface area contributed by atoms with Crippen LogP contribution in [0.2, 0.25) is 0 Å². The zero-order chi connectivity index (χ0) is 28.7. The highest BCUT2D eigenvalue weighted by Gasteiger charge is 2.53. The number of amides is 2. The van der Waals surface area contributed by atoms with Crippen molar-refractivity contribution in [3.63, 3.8) is 0 Å². The lowest BCUT2D eigenvalue weighted by molar-refractivity contribution is 0.0208. The fourth-order valence-electron chi connectivity index (χ4n) is 8.20. The fraction of sp³-hybridized carbons (Fsp3) is 0.562. The molecule has 43 heavy (non-hydrogen) atoms. The number of likely N-dealkylation sites (tertiary alicyclic amines) is 2. The highest BCUT2D eigenvalue weighted by atomic mass is 16.5. The summed E-state index contributed by atoms with van der Waals surface area (Å²) < 4.78 is 13.7. The van der Waals surface area contributed by atoms with Crippen molar-refractivity contribution >= 4 is 17.4 Å². The van der Waals surface area contributed by atoms with Gasteiger partial charge in [0.2, 0.25) is 0 Å². The predicted molar refractivity (Wildman–Crippen MR) is 158 cm³/mol. The molecule has 11 nitrogen and oxygen atoms in total. The van der Waals surface area contributed by atoms with E-state index >= 15 is 0 Å². The molecule has 10 rings (SSSR count). The molecule has 0 radical (unpaired) electrons. The minimum absolute atomic E-state index is 0.245. The van der Waals surface area contributed by atoms with Gasteiger partial charge in [-0.1, -0.05) is 0 Å². The Morgan fingerprint density at radius 3 is 2.70 bits per heavy atom. The second-order valence-corrected chi connectivity index (χ2v) is 13.5. The molecule has 11 heteroatoms. The molecule has 0 N–H and O–H groups in total. The van der Waals surface area contributed by atoms with Crippen molar-refractivity contribution in [3.8, 4) is 22.9 Å². The summed E-state index contributed by atoms with van der Waals surface area (Å²) in [6, 6.07) is 9.67. The molecule has 1 spiro atoms. The molecule has 4 atom stereocenters. The number of aromatic nitrogens is 3. The molecule has 222 valence electrons. The number of hydrogen-bond acceptors (Lipinski definition) is 8. The minimum Gasteiger partial charge on any atom is -0.491 e. The van der Waals surface area contributed by atoms with Gasteiger partial charge in [0.1, 0.15) is 24.2 Å². The van der Waals surface area contributed by atoms with Gasteiger partial charge >= 0.3 is 6.03 Å². The fourth-order valence-corrected chi connectivity index (χ4v) is 8.20. The number of anilines is 1. The van der Waals surface area contributed by atoms with Crippen LogP contribution in [0.4, 0.5) is 10.6 Å². The number of pyridine rings is 2. The van der Waals surface area contributed by atoms with E-state index in [4.69, 9.17) is 14.5 Å². The first-order chi connectivity index (χ1) is 21.1. The Bertz CT molecular complexity index is 1620. The summed E-state index contributed by atoms with van der Waals surface area (Å²) in [5, 5.41) is 14.2. The topological polar surface area (TPSA) is 102 Å². The maximum atomic E-state index is 13.3. The maximum absolute atomic E-state index is 13.3. The first-order valence-corrected chi connectivity index (χ1v) is 15.7. The summed E-state index contributed by atoms with van der Waals surface area (Å²) in [7, 11) is 0. The summed E-state index contributed by atoms with van der Waals surface area (Å²) in [5.41, 5.74) is 3.51. The number of fused-ring (bicyclic) bond motifs is 5. The summed E-state index contributed by atoms with van der Waals surface area (Å²) >= 11 is 0. The third-order valence-corrected chi connectivity index (χ3v) is 10.8. The maximum Gasteiger partial charge on any atom is 0.320 e. The van der Waals surface area contributed by atoms with E-state index in [2.05, 4.69) is 42.9 Å². The minimum atomic E-state index is 0.245. The molecular formula is C32H36N8O3. The average molecular weight is 581 g/mol. The van der Waals surface area contributed by atoms with Crippen LogP contribution in [0.3, 0.4) is 0 Å². The second kappa shape index (κ2) is 9.56. The first-order valence-electron chi connectivity index (χ1n) is 15.7. The van der Waals surface area contributed by atoms with Crippen LogP contribution < -0.4 is 9.64 Å². The van der Waals surface area contributed by atoms with E-state index in [0.29, 0.717) is 35.5 Å². The third kappa shape index (κ3) is 4.25. The van der Waals surface area contributed by atoms with Crippen LogP contribution in [-0.2, 0) is 4.74 Å². The molecule has 6 aliphatic heterocycles. The lowest BCUT2D eigenvalue weighted by Crippen LogP contribution is -2.72. The number of carbonyl (C=O) groups is 1. The Morgan fingerprint density at radius 2 is 2.00 bits per heavy atom. The number of piperazine rings is 1. The highest BCUT2D eigenvalue weighted by Crippen LogP contribution is 2.53. The van der Waals surface area contributed by atoms with Crippen molar-refractivity contribution < 1.29 is 14.3 Å². The second-order valence-electron chi connectivity index (χ2n) is 13.5. The van der Waals surface area contributed by atoms with Gasteiger partial charge in [0.25, 0.3) is 0 Å². The SMILES string of the molecule is N#Cc1cnn2cc(OCCN3CC4C[C@@H]3CO4)cc(-c3ccc(N4CC5CC(C4)N5C(=O)N4CCC5(CC5)C4)nc3)c12. The van der Waals surface area contributed by atoms with Gasteiger partial charge in [-0.15, -0.1) is 0 Å². The van der Waals surface area contributed by atoms with Crippen molar-refractivity contribution in [1.29, 1.82) is 5.26 Å².